The molecule has 4 radical (unpaired) electrons. The van der Waals surface area contributed by atoms with Crippen LogP contribution < -0.4 is 11.1 Å². The lowest BCUT2D eigenvalue weighted by molar-refractivity contribution is 0.410. The smallest absolute Gasteiger partial charge is 0.140 e. The fraction of sp³-hybridized carbons (Fsp3) is 0.395. The molecule has 6 rings (SSSR count). The molecule has 5 aromatic rings. The molecule has 0 N–H and O–H groups in total. The third-order valence-electron chi connectivity index (χ3n) is 8.09. The van der Waals surface area contributed by atoms with Crippen molar-refractivity contribution in [3.8, 4) is 11.3 Å². The van der Waals surface area contributed by atoms with E-state index in [-0.39, 0.29) is 16.2 Å². The van der Waals surface area contributed by atoms with Gasteiger partial charge in [-0.2, -0.15) is 0 Å². The van der Waals surface area contributed by atoms with Crippen LogP contribution in [0, 0.1) is 16.2 Å². The zero-order chi connectivity index (χ0) is 30.4. The molecule has 1 nitrogen and oxygen atoms in total. The minimum absolute atomic E-state index is 0.126. The Hall–Kier alpha value is -2.71. The first kappa shape index (κ1) is 29.4. The first-order chi connectivity index (χ1) is 19.5. The predicted molar refractivity (Wildman–Crippen MR) is 187 cm³/mol. The molecule has 0 bridgehead atoms. The van der Waals surface area contributed by atoms with E-state index in [1.165, 1.54) is 48.2 Å². The molecule has 210 valence electrons. The van der Waals surface area contributed by atoms with E-state index in [4.69, 9.17) is 20.7 Å². The maximum atomic E-state index is 6.75. The summed E-state index contributed by atoms with van der Waals surface area (Å²) in [7, 11) is 13.3. The molecule has 42 heavy (non-hydrogen) atoms. The van der Waals surface area contributed by atoms with Crippen molar-refractivity contribution in [1.29, 1.82) is 0 Å². The number of aromatic nitrogens is 1. The average Bonchev–Trinajstić information content (AvgIpc) is 2.83. The molecule has 0 spiro atoms. The van der Waals surface area contributed by atoms with Gasteiger partial charge in [0.05, 0.1) is 5.69 Å². The predicted octanol–water partition coefficient (Wildman–Crippen LogP) is 9.03. The SMILES string of the molecule is [B]c1nc2c3c(cc4cc(CC(C)(C)C)ccc4c3c1[B])Sc1c-2cc2cc(CC(C)(C)C)ccc2c1CC(C)(C)C. The molecule has 4 aromatic carbocycles. The van der Waals surface area contributed by atoms with Gasteiger partial charge in [-0.1, -0.05) is 116 Å². The Bertz CT molecular complexity index is 1900. The van der Waals surface area contributed by atoms with Crippen molar-refractivity contribution >= 4 is 70.8 Å². The fourth-order valence-corrected chi connectivity index (χ4v) is 7.93. The highest BCUT2D eigenvalue weighted by atomic mass is 32.2. The van der Waals surface area contributed by atoms with Crippen LogP contribution in [0.15, 0.2) is 58.3 Å². The van der Waals surface area contributed by atoms with Crippen molar-refractivity contribution in [2.24, 2.45) is 16.2 Å². The average molecular weight is 565 g/mol. The molecular weight excluding hydrogens is 524 g/mol. The van der Waals surface area contributed by atoms with Gasteiger partial charge in [0.25, 0.3) is 0 Å². The van der Waals surface area contributed by atoms with Crippen LogP contribution >= 0.6 is 11.8 Å². The number of hydrogen-bond acceptors (Lipinski definition) is 2. The van der Waals surface area contributed by atoms with E-state index in [9.17, 15) is 0 Å². The van der Waals surface area contributed by atoms with Gasteiger partial charge in [-0.25, -0.2) is 0 Å². The van der Waals surface area contributed by atoms with Crippen LogP contribution in [-0.4, -0.2) is 20.7 Å². The van der Waals surface area contributed by atoms with Gasteiger partial charge in [0.2, 0.25) is 0 Å². The number of rotatable bonds is 3. The first-order valence-electron chi connectivity index (χ1n) is 15.2. The molecule has 0 aliphatic carbocycles. The molecule has 0 fully saturated rings. The van der Waals surface area contributed by atoms with E-state index in [1.807, 2.05) is 11.8 Å². The maximum absolute atomic E-state index is 6.75. The Kier molecular flexibility index (Phi) is 6.93. The summed E-state index contributed by atoms with van der Waals surface area (Å²) < 4.78 is 0. The van der Waals surface area contributed by atoms with Crippen LogP contribution in [0.25, 0.3) is 43.6 Å². The molecule has 0 unspecified atom stereocenters. The summed E-state index contributed by atoms with van der Waals surface area (Å²) in [5, 5.41) is 7.13. The molecule has 0 amide bonds. The van der Waals surface area contributed by atoms with Crippen LogP contribution in [0.5, 0.6) is 0 Å². The van der Waals surface area contributed by atoms with E-state index in [2.05, 4.69) is 111 Å². The zero-order valence-corrected chi connectivity index (χ0v) is 27.6. The highest BCUT2D eigenvalue weighted by molar-refractivity contribution is 8.00. The lowest BCUT2D eigenvalue weighted by atomic mass is 9.78. The van der Waals surface area contributed by atoms with Crippen LogP contribution in [0.1, 0.15) is 79.0 Å². The standard InChI is InChI=1S/C38H41B2NS/c1-36(2,3)18-21-10-12-25-23(14-21)16-27-33-31-29(42-34(27)28(25)20-38(7,8)9)17-24-15-22(19-37(4,5)6)11-13-26(24)30(31)32(39)35(40)41-33/h10-17H,18-20H2,1-9H3. The van der Waals surface area contributed by atoms with Crippen molar-refractivity contribution in [1.82, 2.24) is 4.98 Å². The second-order valence-corrected chi connectivity index (χ2v) is 17.1. The van der Waals surface area contributed by atoms with Gasteiger partial charge < -0.3 is 0 Å². The summed E-state index contributed by atoms with van der Waals surface area (Å²) in [5.74, 6) is 0. The number of hydrogen-bond donors (Lipinski definition) is 0. The van der Waals surface area contributed by atoms with Crippen LogP contribution in [0.3, 0.4) is 0 Å². The summed E-state index contributed by atoms with van der Waals surface area (Å²) >= 11 is 1.88. The third-order valence-corrected chi connectivity index (χ3v) is 9.30. The lowest BCUT2D eigenvalue weighted by Gasteiger charge is -2.29. The minimum Gasteiger partial charge on any atom is -0.264 e. The highest BCUT2D eigenvalue weighted by Gasteiger charge is 2.29. The zero-order valence-electron chi connectivity index (χ0n) is 26.8. The minimum atomic E-state index is 0.126. The van der Waals surface area contributed by atoms with Crippen LogP contribution in [0.2, 0.25) is 0 Å². The van der Waals surface area contributed by atoms with E-state index >= 15 is 0 Å². The Balaban J connectivity index is 1.67. The quantitative estimate of drug-likeness (QED) is 0.157. The van der Waals surface area contributed by atoms with Crippen LogP contribution in [0.4, 0.5) is 0 Å². The number of fused-ring (bicyclic) bond motifs is 5. The molecule has 1 aliphatic rings. The van der Waals surface area contributed by atoms with Gasteiger partial charge in [0, 0.05) is 20.7 Å². The highest BCUT2D eigenvalue weighted by Crippen LogP contribution is 2.52. The molecule has 1 aromatic heterocycles. The number of nitrogens with zero attached hydrogens (tertiary/aromatic N) is 1. The molecule has 4 heteroatoms. The summed E-state index contributed by atoms with van der Waals surface area (Å²) in [5.41, 5.74) is 7.79. The second kappa shape index (κ2) is 9.91. The number of benzene rings is 4. The van der Waals surface area contributed by atoms with Crippen molar-refractivity contribution < 1.29 is 0 Å². The Morgan fingerprint density at radius 2 is 1.19 bits per heavy atom. The van der Waals surface area contributed by atoms with Crippen molar-refractivity contribution in [2.45, 2.75) is 91.4 Å². The van der Waals surface area contributed by atoms with Gasteiger partial charge in [-0.05, 0) is 96.9 Å². The molecule has 0 atom stereocenters. The summed E-state index contributed by atoms with van der Waals surface area (Å²) in [6, 6.07) is 18.6. The molecule has 1 aliphatic heterocycles. The third kappa shape index (κ3) is 5.52. The van der Waals surface area contributed by atoms with E-state index in [1.54, 1.807) is 0 Å². The molecule has 0 saturated carbocycles. The Morgan fingerprint density at radius 3 is 1.76 bits per heavy atom. The van der Waals surface area contributed by atoms with Crippen molar-refractivity contribution in [3.05, 3.63) is 65.2 Å². The van der Waals surface area contributed by atoms with E-state index in [0.717, 1.165) is 41.1 Å². The Labute approximate surface area is 259 Å². The lowest BCUT2D eigenvalue weighted by Crippen LogP contribution is -2.31. The fourth-order valence-electron chi connectivity index (χ4n) is 6.65. The second-order valence-electron chi connectivity index (χ2n) is 16.0. The summed E-state index contributed by atoms with van der Waals surface area (Å²) in [4.78, 5) is 7.53. The Morgan fingerprint density at radius 1 is 0.643 bits per heavy atom. The number of pyridine rings is 1. The molecular formula is C38H41B2NS. The van der Waals surface area contributed by atoms with Gasteiger partial charge in [-0.3, -0.25) is 4.98 Å². The van der Waals surface area contributed by atoms with Gasteiger partial charge >= 0.3 is 0 Å². The van der Waals surface area contributed by atoms with Crippen LogP contribution in [-0.2, 0) is 19.3 Å². The summed E-state index contributed by atoms with van der Waals surface area (Å²) in [6.45, 7) is 20.8. The first-order valence-corrected chi connectivity index (χ1v) is 16.0. The van der Waals surface area contributed by atoms with Crippen molar-refractivity contribution in [3.63, 3.8) is 0 Å². The topological polar surface area (TPSA) is 12.9 Å². The van der Waals surface area contributed by atoms with E-state index < -0.39 is 0 Å². The largest absolute Gasteiger partial charge is 0.264 e. The van der Waals surface area contributed by atoms with Gasteiger partial charge in [-0.15, -0.1) is 0 Å². The van der Waals surface area contributed by atoms with Gasteiger partial charge in [0.1, 0.15) is 15.7 Å². The maximum Gasteiger partial charge on any atom is 0.140 e. The molecule has 0 saturated heterocycles. The normalized spacial score (nSPS) is 13.7. The van der Waals surface area contributed by atoms with Crippen molar-refractivity contribution in [2.75, 3.05) is 0 Å². The molecule has 2 heterocycles. The summed E-state index contributed by atoms with van der Waals surface area (Å²) in [6.07, 6.45) is 3.03. The van der Waals surface area contributed by atoms with E-state index in [0.29, 0.717) is 11.1 Å². The van der Waals surface area contributed by atoms with Gasteiger partial charge in [0.15, 0.2) is 0 Å². The monoisotopic (exact) mass is 565 g/mol.